The summed E-state index contributed by atoms with van der Waals surface area (Å²) >= 11 is 1.44. The fraction of sp³-hybridized carbons (Fsp3) is 0.400. The Morgan fingerprint density at radius 3 is 2.74 bits per heavy atom. The van der Waals surface area contributed by atoms with E-state index in [2.05, 4.69) is 9.72 Å². The fourth-order valence-electron chi connectivity index (χ4n) is 1.32. The number of aromatic nitrogens is 1. The molecular formula is C10H9F2IN2O4. The lowest BCUT2D eigenvalue weighted by Crippen LogP contribution is -2.11. The summed E-state index contributed by atoms with van der Waals surface area (Å²) in [7, 11) is 0. The van der Waals surface area contributed by atoms with E-state index in [4.69, 9.17) is 0 Å². The second kappa shape index (κ2) is 6.68. The van der Waals surface area contributed by atoms with Crippen LogP contribution in [-0.4, -0.2) is 22.5 Å². The summed E-state index contributed by atoms with van der Waals surface area (Å²) in [5.74, 6) is -1.36. The summed E-state index contributed by atoms with van der Waals surface area (Å²) in [6, 6.07) is 0.982. The predicted octanol–water partition coefficient (Wildman–Crippen LogP) is 2.64. The quantitative estimate of drug-likeness (QED) is 0.336. The Hall–Kier alpha value is -1.39. The lowest BCUT2D eigenvalue weighted by Gasteiger charge is -2.05. The van der Waals surface area contributed by atoms with Crippen LogP contribution < -0.4 is 0 Å². The molecule has 0 saturated heterocycles. The molecule has 0 N–H and O–H groups in total. The van der Waals surface area contributed by atoms with Gasteiger partial charge in [0.05, 0.1) is 6.61 Å². The average Bonchev–Trinajstić information content (AvgIpc) is 2.30. The van der Waals surface area contributed by atoms with E-state index in [0.29, 0.717) is 0 Å². The first-order valence-corrected chi connectivity index (χ1v) is 6.22. The number of ether oxygens (including phenoxy) is 1. The first-order chi connectivity index (χ1) is 8.86. The topological polar surface area (TPSA) is 82.3 Å². The van der Waals surface area contributed by atoms with Gasteiger partial charge < -0.3 is 14.9 Å². The number of esters is 1. The molecular weight excluding hydrogens is 377 g/mol. The van der Waals surface area contributed by atoms with Gasteiger partial charge in [0, 0.05) is 5.56 Å². The summed E-state index contributed by atoms with van der Waals surface area (Å²) in [4.78, 5) is 24.7. The second-order valence-electron chi connectivity index (χ2n) is 3.38. The van der Waals surface area contributed by atoms with Crippen LogP contribution in [0.2, 0.25) is 0 Å². The molecule has 0 radical (unpaired) electrons. The molecule has 9 heteroatoms. The molecule has 1 aromatic rings. The third kappa shape index (κ3) is 4.04. The van der Waals surface area contributed by atoms with Gasteiger partial charge in [0.2, 0.25) is 0 Å². The van der Waals surface area contributed by atoms with Crippen molar-refractivity contribution in [3.63, 3.8) is 0 Å². The molecule has 1 rings (SSSR count). The smallest absolute Gasteiger partial charge is 0.377 e. The van der Waals surface area contributed by atoms with Crippen molar-refractivity contribution in [2.75, 3.05) is 6.61 Å². The zero-order valence-corrected chi connectivity index (χ0v) is 11.9. The maximum atomic E-state index is 12.8. The third-order valence-corrected chi connectivity index (χ3v) is 3.17. The van der Waals surface area contributed by atoms with Crippen molar-refractivity contribution < 1.29 is 23.2 Å². The maximum absolute atomic E-state index is 12.8. The van der Waals surface area contributed by atoms with Crippen LogP contribution in [-0.2, 0) is 16.0 Å². The van der Waals surface area contributed by atoms with E-state index in [9.17, 15) is 23.7 Å². The van der Waals surface area contributed by atoms with Crippen molar-refractivity contribution in [2.45, 2.75) is 19.8 Å². The fourth-order valence-corrected chi connectivity index (χ4v) is 2.03. The van der Waals surface area contributed by atoms with Crippen LogP contribution in [0, 0.1) is 13.7 Å². The molecule has 0 saturated carbocycles. The molecule has 0 spiro atoms. The molecule has 0 bridgehead atoms. The highest BCUT2D eigenvalue weighted by molar-refractivity contribution is 14.1. The standard InChI is InChI=1S/C10H9F2IN2O4/c1-2-19-7(16)4-5-3-6(9(11)12)8(13)10(14-5)15(17)18/h3,9H,2,4H2,1H3. The monoisotopic (exact) mass is 386 g/mol. The molecule has 0 amide bonds. The Morgan fingerprint density at radius 1 is 1.63 bits per heavy atom. The van der Waals surface area contributed by atoms with Gasteiger partial charge in [-0.05, 0) is 45.5 Å². The zero-order valence-electron chi connectivity index (χ0n) is 9.73. The third-order valence-electron chi connectivity index (χ3n) is 2.06. The van der Waals surface area contributed by atoms with Crippen LogP contribution >= 0.6 is 22.6 Å². The number of carbonyl (C=O) groups is 1. The average molecular weight is 386 g/mol. The first kappa shape index (κ1) is 15.7. The van der Waals surface area contributed by atoms with Gasteiger partial charge >= 0.3 is 11.8 Å². The van der Waals surface area contributed by atoms with Crippen molar-refractivity contribution in [2.24, 2.45) is 0 Å². The number of halogens is 3. The molecule has 6 nitrogen and oxygen atoms in total. The zero-order chi connectivity index (χ0) is 14.6. The SMILES string of the molecule is CCOC(=O)Cc1cc(C(F)F)c(I)c([N+](=O)[O-])n1. The van der Waals surface area contributed by atoms with Crippen LogP contribution in [0.25, 0.3) is 0 Å². The molecule has 0 aromatic carbocycles. The number of nitrogens with zero attached hydrogens (tertiary/aromatic N) is 2. The summed E-state index contributed by atoms with van der Waals surface area (Å²) in [5, 5.41) is 10.7. The van der Waals surface area contributed by atoms with E-state index < -0.39 is 28.7 Å². The van der Waals surface area contributed by atoms with E-state index in [-0.39, 0.29) is 22.3 Å². The minimum absolute atomic E-state index is 0.110. The number of rotatable bonds is 5. The van der Waals surface area contributed by atoms with Gasteiger partial charge in [-0.3, -0.25) is 4.79 Å². The highest BCUT2D eigenvalue weighted by Crippen LogP contribution is 2.30. The van der Waals surface area contributed by atoms with E-state index in [1.54, 1.807) is 6.92 Å². The van der Waals surface area contributed by atoms with Crippen molar-refractivity contribution in [3.8, 4) is 0 Å². The Balaban J connectivity index is 3.19. The lowest BCUT2D eigenvalue weighted by atomic mass is 10.2. The van der Waals surface area contributed by atoms with E-state index in [0.717, 1.165) is 6.07 Å². The number of hydrogen-bond donors (Lipinski definition) is 0. The largest absolute Gasteiger partial charge is 0.466 e. The summed E-state index contributed by atoms with van der Waals surface area (Å²) < 4.78 is 29.9. The molecule has 0 fully saturated rings. The van der Waals surface area contributed by atoms with Crippen molar-refractivity contribution >= 4 is 34.4 Å². The minimum atomic E-state index is -2.88. The highest BCUT2D eigenvalue weighted by atomic mass is 127. The first-order valence-electron chi connectivity index (χ1n) is 5.14. The molecule has 1 heterocycles. The molecule has 0 aliphatic rings. The predicted molar refractivity (Wildman–Crippen MR) is 68.9 cm³/mol. The van der Waals surface area contributed by atoms with Crippen LogP contribution in [0.3, 0.4) is 0 Å². The van der Waals surface area contributed by atoms with Crippen LogP contribution in [0.5, 0.6) is 0 Å². The number of carbonyl (C=O) groups excluding carboxylic acids is 1. The van der Waals surface area contributed by atoms with E-state index in [1.165, 1.54) is 22.6 Å². The van der Waals surface area contributed by atoms with Gasteiger partial charge in [-0.1, -0.05) is 0 Å². The molecule has 0 aliphatic heterocycles. The Labute approximate surface area is 120 Å². The van der Waals surface area contributed by atoms with Gasteiger partial charge in [-0.15, -0.1) is 0 Å². The molecule has 0 unspecified atom stereocenters. The maximum Gasteiger partial charge on any atom is 0.377 e. The van der Waals surface area contributed by atoms with E-state index >= 15 is 0 Å². The Morgan fingerprint density at radius 2 is 2.26 bits per heavy atom. The van der Waals surface area contributed by atoms with Crippen LogP contribution in [0.1, 0.15) is 24.6 Å². The molecule has 19 heavy (non-hydrogen) atoms. The summed E-state index contributed by atoms with van der Waals surface area (Å²) in [6.45, 7) is 1.72. The molecule has 0 atom stereocenters. The lowest BCUT2D eigenvalue weighted by molar-refractivity contribution is -0.390. The summed E-state index contributed by atoms with van der Waals surface area (Å²) in [5.41, 5.74) is -0.623. The number of nitro groups is 1. The second-order valence-corrected chi connectivity index (χ2v) is 4.46. The van der Waals surface area contributed by atoms with Crippen molar-refractivity contribution in [3.05, 3.63) is 31.0 Å². The molecule has 104 valence electrons. The van der Waals surface area contributed by atoms with E-state index in [1.807, 2.05) is 0 Å². The van der Waals surface area contributed by atoms with Crippen LogP contribution in [0.15, 0.2) is 6.07 Å². The van der Waals surface area contributed by atoms with Gasteiger partial charge in [0.15, 0.2) is 5.69 Å². The number of alkyl halides is 2. The normalized spacial score (nSPS) is 10.6. The van der Waals surface area contributed by atoms with Gasteiger partial charge in [-0.25, -0.2) is 8.78 Å². The minimum Gasteiger partial charge on any atom is -0.466 e. The van der Waals surface area contributed by atoms with Crippen LogP contribution in [0.4, 0.5) is 14.6 Å². The Bertz CT molecular complexity index is 511. The van der Waals surface area contributed by atoms with Gasteiger partial charge in [0.25, 0.3) is 6.43 Å². The summed E-state index contributed by atoms with van der Waals surface area (Å²) in [6.07, 6.45) is -3.26. The number of hydrogen-bond acceptors (Lipinski definition) is 5. The molecule has 0 aliphatic carbocycles. The molecule has 1 aromatic heterocycles. The van der Waals surface area contributed by atoms with Crippen molar-refractivity contribution in [1.29, 1.82) is 0 Å². The van der Waals surface area contributed by atoms with Gasteiger partial charge in [-0.2, -0.15) is 0 Å². The van der Waals surface area contributed by atoms with Crippen molar-refractivity contribution in [1.82, 2.24) is 4.98 Å². The Kier molecular flexibility index (Phi) is 5.51. The highest BCUT2D eigenvalue weighted by Gasteiger charge is 2.26. The van der Waals surface area contributed by atoms with Gasteiger partial charge in [0.1, 0.15) is 9.99 Å². The number of pyridine rings is 1.